The highest BCUT2D eigenvalue weighted by Crippen LogP contribution is 2.24. The molecule has 1 aliphatic rings. The number of halogens is 1. The summed E-state index contributed by atoms with van der Waals surface area (Å²) in [7, 11) is 1.92. The SMILES string of the molecule is CN(C(=O)c1ccccc1)C1CCN(Cc2nccc3cc(Cl)ccc23)CC1. The Morgan fingerprint density at radius 2 is 1.89 bits per heavy atom. The van der Waals surface area contributed by atoms with Crippen LogP contribution < -0.4 is 0 Å². The van der Waals surface area contributed by atoms with E-state index in [-0.39, 0.29) is 11.9 Å². The van der Waals surface area contributed by atoms with Crippen LogP contribution >= 0.6 is 11.6 Å². The number of benzene rings is 2. The fourth-order valence-corrected chi connectivity index (χ4v) is 4.14. The molecule has 144 valence electrons. The van der Waals surface area contributed by atoms with E-state index in [1.807, 2.05) is 66.7 Å². The molecule has 0 aliphatic carbocycles. The molecule has 0 N–H and O–H groups in total. The van der Waals surface area contributed by atoms with Gasteiger partial charge in [-0.25, -0.2) is 0 Å². The van der Waals surface area contributed by atoms with Gasteiger partial charge in [-0.1, -0.05) is 35.9 Å². The summed E-state index contributed by atoms with van der Waals surface area (Å²) in [6.07, 6.45) is 3.81. The van der Waals surface area contributed by atoms with Crippen molar-refractivity contribution in [2.75, 3.05) is 20.1 Å². The van der Waals surface area contributed by atoms with Crippen LogP contribution in [0.3, 0.4) is 0 Å². The molecule has 0 spiro atoms. The molecule has 0 radical (unpaired) electrons. The maximum atomic E-state index is 12.7. The number of hydrogen-bond donors (Lipinski definition) is 0. The van der Waals surface area contributed by atoms with E-state index in [0.717, 1.165) is 59.5 Å². The number of fused-ring (bicyclic) bond motifs is 1. The summed E-state index contributed by atoms with van der Waals surface area (Å²) in [6.45, 7) is 2.74. The zero-order valence-electron chi connectivity index (χ0n) is 16.0. The summed E-state index contributed by atoms with van der Waals surface area (Å²) in [4.78, 5) is 21.6. The second kappa shape index (κ2) is 8.29. The third-order valence-corrected chi connectivity index (χ3v) is 5.86. The van der Waals surface area contributed by atoms with Crippen molar-refractivity contribution in [3.05, 3.63) is 77.1 Å². The van der Waals surface area contributed by atoms with Gasteiger partial charge in [-0.05, 0) is 48.6 Å². The predicted octanol–water partition coefficient (Wildman–Crippen LogP) is 4.62. The van der Waals surface area contributed by atoms with Crippen LogP contribution in [0.25, 0.3) is 10.8 Å². The number of carbonyl (C=O) groups excluding carboxylic acids is 1. The second-order valence-electron chi connectivity index (χ2n) is 7.41. The maximum absolute atomic E-state index is 12.7. The molecule has 1 amide bonds. The molecule has 0 saturated carbocycles. The molecule has 0 unspecified atom stereocenters. The normalized spacial score (nSPS) is 15.6. The summed E-state index contributed by atoms with van der Waals surface area (Å²) < 4.78 is 0. The first kappa shape index (κ1) is 18.9. The van der Waals surface area contributed by atoms with Gasteiger partial charge in [0.1, 0.15) is 0 Å². The molecule has 3 aromatic rings. The number of pyridine rings is 1. The minimum atomic E-state index is 0.103. The Bertz CT molecular complexity index is 968. The van der Waals surface area contributed by atoms with E-state index in [2.05, 4.69) is 16.0 Å². The van der Waals surface area contributed by atoms with Crippen molar-refractivity contribution in [1.82, 2.24) is 14.8 Å². The van der Waals surface area contributed by atoms with Crippen LogP contribution in [0.2, 0.25) is 5.02 Å². The fourth-order valence-electron chi connectivity index (χ4n) is 3.96. The van der Waals surface area contributed by atoms with Crippen LogP contribution in [0.15, 0.2) is 60.8 Å². The lowest BCUT2D eigenvalue weighted by Crippen LogP contribution is -2.45. The van der Waals surface area contributed by atoms with E-state index in [1.54, 1.807) is 0 Å². The van der Waals surface area contributed by atoms with E-state index in [1.165, 1.54) is 0 Å². The summed E-state index contributed by atoms with van der Waals surface area (Å²) in [5.74, 6) is 0.103. The van der Waals surface area contributed by atoms with Crippen LogP contribution in [-0.2, 0) is 6.54 Å². The van der Waals surface area contributed by atoms with Gasteiger partial charge < -0.3 is 4.90 Å². The van der Waals surface area contributed by atoms with Gasteiger partial charge in [-0.15, -0.1) is 0 Å². The van der Waals surface area contributed by atoms with Gasteiger partial charge in [0.15, 0.2) is 0 Å². The lowest BCUT2D eigenvalue weighted by Gasteiger charge is -2.36. The Kier molecular flexibility index (Phi) is 5.60. The van der Waals surface area contributed by atoms with Crippen LogP contribution in [0.4, 0.5) is 0 Å². The van der Waals surface area contributed by atoms with Gasteiger partial charge in [0.05, 0.1) is 5.69 Å². The second-order valence-corrected chi connectivity index (χ2v) is 7.85. The molecule has 2 aromatic carbocycles. The van der Waals surface area contributed by atoms with Gasteiger partial charge in [0, 0.05) is 54.9 Å². The van der Waals surface area contributed by atoms with Crippen molar-refractivity contribution in [2.24, 2.45) is 0 Å². The minimum Gasteiger partial charge on any atom is -0.339 e. The average Bonchev–Trinajstić information content (AvgIpc) is 2.74. The van der Waals surface area contributed by atoms with Crippen molar-refractivity contribution in [3.8, 4) is 0 Å². The molecule has 1 fully saturated rings. The number of nitrogens with zero attached hydrogens (tertiary/aromatic N) is 3. The van der Waals surface area contributed by atoms with Gasteiger partial charge in [0.2, 0.25) is 0 Å². The highest BCUT2D eigenvalue weighted by molar-refractivity contribution is 6.31. The number of piperidine rings is 1. The van der Waals surface area contributed by atoms with Gasteiger partial charge in [-0.3, -0.25) is 14.7 Å². The Morgan fingerprint density at radius 3 is 2.64 bits per heavy atom. The molecule has 1 aromatic heterocycles. The fraction of sp³-hybridized carbons (Fsp3) is 0.304. The number of carbonyl (C=O) groups is 1. The number of rotatable bonds is 4. The number of hydrogen-bond acceptors (Lipinski definition) is 3. The molecule has 5 heteroatoms. The van der Waals surface area contributed by atoms with Crippen LogP contribution in [-0.4, -0.2) is 46.9 Å². The van der Waals surface area contributed by atoms with Crippen molar-refractivity contribution in [1.29, 1.82) is 0 Å². The molecule has 4 rings (SSSR count). The molecule has 2 heterocycles. The van der Waals surface area contributed by atoms with Crippen LogP contribution in [0.1, 0.15) is 28.9 Å². The lowest BCUT2D eigenvalue weighted by atomic mass is 10.0. The first-order valence-electron chi connectivity index (χ1n) is 9.69. The van der Waals surface area contributed by atoms with Gasteiger partial charge in [0.25, 0.3) is 5.91 Å². The van der Waals surface area contributed by atoms with E-state index >= 15 is 0 Å². The summed E-state index contributed by atoms with van der Waals surface area (Å²) >= 11 is 6.12. The maximum Gasteiger partial charge on any atom is 0.253 e. The van der Waals surface area contributed by atoms with E-state index in [4.69, 9.17) is 11.6 Å². The van der Waals surface area contributed by atoms with Gasteiger partial charge >= 0.3 is 0 Å². The molecular weight excluding hydrogens is 370 g/mol. The largest absolute Gasteiger partial charge is 0.339 e. The molecule has 1 saturated heterocycles. The molecule has 4 nitrogen and oxygen atoms in total. The Morgan fingerprint density at radius 1 is 1.14 bits per heavy atom. The predicted molar refractivity (Wildman–Crippen MR) is 114 cm³/mol. The van der Waals surface area contributed by atoms with Crippen LogP contribution in [0, 0.1) is 0 Å². The quantitative estimate of drug-likeness (QED) is 0.648. The molecule has 28 heavy (non-hydrogen) atoms. The molecular formula is C23H24ClN3O. The van der Waals surface area contributed by atoms with E-state index < -0.39 is 0 Å². The van der Waals surface area contributed by atoms with E-state index in [0.29, 0.717) is 0 Å². The lowest BCUT2D eigenvalue weighted by molar-refractivity contribution is 0.0636. The summed E-state index contributed by atoms with van der Waals surface area (Å²) in [5, 5.41) is 3.03. The average molecular weight is 394 g/mol. The van der Waals surface area contributed by atoms with Crippen molar-refractivity contribution >= 4 is 28.3 Å². The van der Waals surface area contributed by atoms with Crippen molar-refractivity contribution in [2.45, 2.75) is 25.4 Å². The minimum absolute atomic E-state index is 0.103. The zero-order chi connectivity index (χ0) is 19.5. The summed E-state index contributed by atoms with van der Waals surface area (Å²) in [5.41, 5.74) is 1.84. The molecule has 0 bridgehead atoms. The highest BCUT2D eigenvalue weighted by atomic mass is 35.5. The third-order valence-electron chi connectivity index (χ3n) is 5.63. The number of likely N-dealkylation sites (tertiary alicyclic amines) is 1. The Labute approximate surface area is 170 Å². The Hall–Kier alpha value is -2.43. The number of amides is 1. The van der Waals surface area contributed by atoms with Crippen LogP contribution in [0.5, 0.6) is 0 Å². The zero-order valence-corrected chi connectivity index (χ0v) is 16.8. The smallest absolute Gasteiger partial charge is 0.253 e. The first-order valence-corrected chi connectivity index (χ1v) is 10.1. The molecule has 1 aliphatic heterocycles. The highest BCUT2D eigenvalue weighted by Gasteiger charge is 2.26. The third kappa shape index (κ3) is 4.03. The Balaban J connectivity index is 1.39. The number of aromatic nitrogens is 1. The summed E-state index contributed by atoms with van der Waals surface area (Å²) in [6, 6.07) is 17.8. The molecule has 0 atom stereocenters. The van der Waals surface area contributed by atoms with Crippen molar-refractivity contribution < 1.29 is 4.79 Å². The monoisotopic (exact) mass is 393 g/mol. The van der Waals surface area contributed by atoms with Gasteiger partial charge in [-0.2, -0.15) is 0 Å². The standard InChI is InChI=1S/C23H24ClN3O/c1-26(23(28)17-5-3-2-4-6-17)20-10-13-27(14-11-20)16-22-21-8-7-19(24)15-18(21)9-12-25-22/h2-9,12,15,20H,10-11,13-14,16H2,1H3. The first-order chi connectivity index (χ1) is 13.6. The van der Waals surface area contributed by atoms with Crippen molar-refractivity contribution in [3.63, 3.8) is 0 Å². The topological polar surface area (TPSA) is 36.4 Å². The van der Waals surface area contributed by atoms with E-state index in [9.17, 15) is 4.79 Å².